The van der Waals surface area contributed by atoms with Crippen LogP contribution < -0.4 is 0 Å². The second-order valence-corrected chi connectivity index (χ2v) is 3.62. The molecule has 0 spiro atoms. The Hall–Kier alpha value is 2.76. The fourth-order valence-corrected chi connectivity index (χ4v) is 0. The summed E-state index contributed by atoms with van der Waals surface area (Å²) in [5.74, 6) is 0. The first kappa shape index (κ1) is 9.90. The fraction of sp³-hybridized carbons (Fsp3) is 0. The van der Waals surface area contributed by atoms with Crippen molar-refractivity contribution in [1.29, 1.82) is 0 Å². The van der Waals surface area contributed by atoms with Gasteiger partial charge < -0.3 is 0 Å². The molecule has 0 heterocycles. The maximum absolute atomic E-state index is 4.34. The van der Waals surface area contributed by atoms with Gasteiger partial charge in [-0.2, -0.15) is 0 Å². The Kier molecular flexibility index (Phi) is 22.9. The molecule has 0 saturated heterocycles. The average molecular weight is 199 g/mol. The predicted molar refractivity (Wildman–Crippen MR) is 20.9 cm³/mol. The Bertz CT molecular complexity index is 27.0. The molecule has 0 N–H and O–H groups in total. The van der Waals surface area contributed by atoms with Crippen LogP contribution >= 0.6 is 19.6 Å². The van der Waals surface area contributed by atoms with Gasteiger partial charge in [0.15, 0.2) is 0 Å². The van der Waals surface area contributed by atoms with Crippen molar-refractivity contribution in [3.63, 3.8) is 0 Å². The molecule has 0 aliphatic carbocycles. The van der Waals surface area contributed by atoms with Crippen LogP contribution in [0, 0.1) is 0 Å². The van der Waals surface area contributed by atoms with Gasteiger partial charge in [0.2, 0.25) is 0 Å². The van der Waals surface area contributed by atoms with E-state index in [9.17, 15) is 0 Å². The summed E-state index contributed by atoms with van der Waals surface area (Å²) in [4.78, 5) is 0. The van der Waals surface area contributed by atoms with Gasteiger partial charge in [-0.25, -0.2) is 0 Å². The minimum atomic E-state index is -0.363. The van der Waals surface area contributed by atoms with Crippen LogP contribution in [0.3, 0.4) is 0 Å². The quantitative estimate of drug-likeness (QED) is 0.532. The minimum absolute atomic E-state index is 0. The van der Waals surface area contributed by atoms with Crippen LogP contribution in [0.2, 0.25) is 0 Å². The van der Waals surface area contributed by atoms with E-state index < -0.39 is 0 Å². The molecule has 4 heteroatoms. The van der Waals surface area contributed by atoms with Gasteiger partial charge in [0, 0.05) is 51.4 Å². The topological polar surface area (TPSA) is 0 Å². The number of hydrogen-bond donors (Lipinski definition) is 0. The van der Waals surface area contributed by atoms with Crippen LogP contribution in [0.5, 0.6) is 0 Å². The monoisotopic (exact) mass is 201 g/mol. The summed E-state index contributed by atoms with van der Waals surface area (Å²) in [6.07, 6.45) is 0. The molecule has 0 bridgehead atoms. The van der Waals surface area contributed by atoms with Gasteiger partial charge in [-0.15, -0.1) is 0 Å². The fourth-order valence-electron chi connectivity index (χ4n) is 0. The molecule has 4 heavy (non-hydrogen) atoms. The van der Waals surface area contributed by atoms with E-state index in [0.29, 0.717) is 0 Å². The predicted octanol–water partition coefficient (Wildman–Crippen LogP) is 0.913. The van der Waals surface area contributed by atoms with Gasteiger partial charge in [-0.1, -0.05) is 0 Å². The summed E-state index contributed by atoms with van der Waals surface area (Å²) in [6.45, 7) is 0. The summed E-state index contributed by atoms with van der Waals surface area (Å²) in [7, 11) is 8.68. The van der Waals surface area contributed by atoms with Crippen molar-refractivity contribution in [3.8, 4) is 0 Å². The third-order valence-corrected chi connectivity index (χ3v) is 0. The third kappa shape index (κ3) is 8.83. The summed E-state index contributed by atoms with van der Waals surface area (Å²) in [6, 6.07) is 0. The first-order chi connectivity index (χ1) is 1.41. The van der Waals surface area contributed by atoms with E-state index in [1.54, 1.807) is 0 Å². The van der Waals surface area contributed by atoms with E-state index in [0.717, 1.165) is 0 Å². The van der Waals surface area contributed by atoms with Gasteiger partial charge in [0.05, 0.1) is 0 Å². The molecular weight excluding hydrogens is 199 g/mol. The van der Waals surface area contributed by atoms with Crippen LogP contribution in [0.1, 0.15) is 0 Å². The first-order valence-corrected chi connectivity index (χ1v) is 5.92. The molecule has 0 aromatic rings. The molecule has 0 rings (SSSR count). The standard InChI is InChI=1S/K.Mo.2S. The second-order valence-electron chi connectivity index (χ2n) is 0.0680. The van der Waals surface area contributed by atoms with Crippen LogP contribution in [0.15, 0.2) is 0 Å². The second kappa shape index (κ2) is 9.23. The van der Waals surface area contributed by atoms with Crippen molar-refractivity contribution in [2.45, 2.75) is 0 Å². The molecule has 0 saturated carbocycles. The normalized spacial score (nSPS) is 3.00. The average Bonchev–Trinajstić information content (AvgIpc) is 0.918. The van der Waals surface area contributed by atoms with Crippen molar-refractivity contribution < 1.29 is 14.9 Å². The van der Waals surface area contributed by atoms with Crippen LogP contribution in [-0.2, 0) is 14.9 Å². The molecule has 0 aliphatic heterocycles. The molecule has 0 nitrogen and oxygen atoms in total. The zero-order chi connectivity index (χ0) is 2.71. The molecule has 0 aliphatic rings. The van der Waals surface area contributed by atoms with E-state index in [-0.39, 0.29) is 66.3 Å². The van der Waals surface area contributed by atoms with E-state index >= 15 is 0 Å². The van der Waals surface area contributed by atoms with Crippen molar-refractivity contribution in [2.24, 2.45) is 0 Å². The van der Waals surface area contributed by atoms with Gasteiger partial charge >= 0.3 is 34.6 Å². The maximum atomic E-state index is 4.34. The SMILES string of the molecule is [K].[S]=[Mo]=[S]. The van der Waals surface area contributed by atoms with Crippen molar-refractivity contribution in [1.82, 2.24) is 0 Å². The zero-order valence-electron chi connectivity index (χ0n) is 2.22. The molecule has 0 amide bonds. The summed E-state index contributed by atoms with van der Waals surface area (Å²) < 4.78 is 0. The summed E-state index contributed by atoms with van der Waals surface area (Å²) in [5.41, 5.74) is 0. The van der Waals surface area contributed by atoms with E-state index in [2.05, 4.69) is 19.6 Å². The Balaban J connectivity index is 0. The Morgan fingerprint density at radius 2 is 1.25 bits per heavy atom. The molecule has 0 atom stereocenters. The molecular formula is KMoS2. The van der Waals surface area contributed by atoms with Crippen LogP contribution in [0.4, 0.5) is 0 Å². The first-order valence-electron chi connectivity index (χ1n) is 0.333. The number of rotatable bonds is 0. The van der Waals surface area contributed by atoms with Gasteiger partial charge in [0.1, 0.15) is 0 Å². The summed E-state index contributed by atoms with van der Waals surface area (Å²) in [5, 5.41) is 0. The van der Waals surface area contributed by atoms with Gasteiger partial charge in [0.25, 0.3) is 0 Å². The Morgan fingerprint density at radius 3 is 1.25 bits per heavy atom. The van der Waals surface area contributed by atoms with Gasteiger partial charge in [-0.05, 0) is 0 Å². The van der Waals surface area contributed by atoms with Crippen LogP contribution in [-0.4, -0.2) is 51.4 Å². The molecule has 0 unspecified atom stereocenters. The zero-order valence-corrected chi connectivity index (χ0v) is 8.99. The van der Waals surface area contributed by atoms with E-state index in [1.165, 1.54) is 0 Å². The molecule has 0 aromatic carbocycles. The van der Waals surface area contributed by atoms with Crippen molar-refractivity contribution in [2.75, 3.05) is 0 Å². The van der Waals surface area contributed by atoms with Crippen LogP contribution in [0.25, 0.3) is 0 Å². The Labute approximate surface area is 83.6 Å². The van der Waals surface area contributed by atoms with Crippen molar-refractivity contribution >= 4 is 71.0 Å². The molecule has 0 fully saturated rings. The third-order valence-electron chi connectivity index (χ3n) is 0. The molecule has 1 radical (unpaired) electrons. The van der Waals surface area contributed by atoms with Gasteiger partial charge in [-0.3, -0.25) is 0 Å². The Morgan fingerprint density at radius 1 is 1.25 bits per heavy atom. The molecule has 19 valence electrons. The summed E-state index contributed by atoms with van der Waals surface area (Å²) >= 11 is -0.363. The van der Waals surface area contributed by atoms with E-state index in [1.807, 2.05) is 0 Å². The molecule has 0 aromatic heterocycles. The van der Waals surface area contributed by atoms with Crippen molar-refractivity contribution in [3.05, 3.63) is 0 Å². The van der Waals surface area contributed by atoms with E-state index in [4.69, 9.17) is 0 Å². The number of hydrogen-bond acceptors (Lipinski definition) is 2.